The second kappa shape index (κ2) is 18.8. The van der Waals surface area contributed by atoms with Crippen molar-refractivity contribution in [1.82, 2.24) is 0 Å². The van der Waals surface area contributed by atoms with Gasteiger partial charge in [0.2, 0.25) is 0 Å². The molecule has 2 unspecified atom stereocenters. The Morgan fingerprint density at radius 1 is 0.917 bits per heavy atom. The maximum Gasteiger partial charge on any atom is 1.00 e. The van der Waals surface area contributed by atoms with E-state index in [0.717, 1.165) is 0 Å². The Morgan fingerprint density at radius 3 is 1.00 bits per heavy atom. The second-order valence-corrected chi connectivity index (χ2v) is 2.60. The van der Waals surface area contributed by atoms with Crippen molar-refractivity contribution in [3.05, 3.63) is 0 Å². The van der Waals surface area contributed by atoms with Gasteiger partial charge >= 0.3 is 59.1 Å². The van der Waals surface area contributed by atoms with E-state index < -0.39 is 34.0 Å². The predicted molar refractivity (Wildman–Crippen MR) is 32.0 cm³/mol. The summed E-state index contributed by atoms with van der Waals surface area (Å²) < 4.78 is 36.5. The molecule has 0 aromatic carbocycles. The third-order valence-electron chi connectivity index (χ3n) is 0.211. The third-order valence-corrected chi connectivity index (χ3v) is 0.632. The smallest absolute Gasteiger partial charge is 0.771 e. The van der Waals surface area contributed by atoms with E-state index in [2.05, 4.69) is 0 Å². The number of hydrogen-bond donors (Lipinski definition) is 2. The molecule has 0 amide bonds. The molecule has 0 aliphatic heterocycles. The van der Waals surface area contributed by atoms with Crippen LogP contribution in [-0.4, -0.2) is 39.6 Å². The van der Waals surface area contributed by atoms with Gasteiger partial charge in [-0.1, -0.05) is 0 Å². The molecule has 0 radical (unpaired) electrons. The average Bonchev–Trinajstić information content (AvgIpc) is 1.89. The number of hydrogen-bond acceptors (Lipinski definition) is 6. The molecule has 0 fully saturated rings. The van der Waals surface area contributed by atoms with E-state index in [1.54, 1.807) is 0 Å². The predicted octanol–water partition coefficient (Wildman–Crippen LogP) is -8.36. The number of aliphatic hydroxyl groups is 2. The van der Waals surface area contributed by atoms with Crippen LogP contribution in [0.5, 0.6) is 0 Å². The molecule has 0 rings (SSSR count). The van der Waals surface area contributed by atoms with Crippen molar-refractivity contribution in [3.8, 4) is 0 Å². The van der Waals surface area contributed by atoms with Gasteiger partial charge in [0.05, 0.1) is 0 Å². The summed E-state index contributed by atoms with van der Waals surface area (Å²) in [4.78, 5) is 0. The zero-order chi connectivity index (χ0) is 8.57. The topological polar surface area (TPSA) is 121 Å². The van der Waals surface area contributed by atoms with Gasteiger partial charge in [0.1, 0.15) is 11.9 Å². The van der Waals surface area contributed by atoms with Crippen molar-refractivity contribution in [3.63, 3.8) is 0 Å². The Balaban J connectivity index is -0.0000000457. The normalized spacial score (nSPS) is 12.3. The van der Waals surface area contributed by atoms with Crippen LogP contribution in [-0.2, 0) is 22.2 Å². The summed E-state index contributed by atoms with van der Waals surface area (Å²) in [6.45, 7) is 0. The molecule has 0 aromatic heterocycles. The molecule has 0 aromatic rings. The van der Waals surface area contributed by atoms with E-state index in [0.29, 0.717) is 0 Å². The van der Waals surface area contributed by atoms with Crippen LogP contribution in [0.25, 0.3) is 0 Å². The van der Waals surface area contributed by atoms with Gasteiger partial charge in [-0.25, -0.2) is 0 Å². The zero-order valence-corrected chi connectivity index (χ0v) is 12.4. The summed E-state index contributed by atoms with van der Waals surface area (Å²) in [5.74, 6) is -1.56. The second-order valence-electron chi connectivity index (χ2n) is 0.866. The van der Waals surface area contributed by atoms with Gasteiger partial charge in [-0.05, 0) is 22.2 Å². The summed E-state index contributed by atoms with van der Waals surface area (Å²) in [5, 5.41) is 15.1. The van der Waals surface area contributed by atoms with E-state index in [9.17, 15) is 0 Å². The molecular weight excluding hydrogens is 230 g/mol. The Kier molecular flexibility index (Phi) is 37.3. The van der Waals surface area contributed by atoms with Gasteiger partial charge in [-0.15, -0.1) is 0 Å². The molecular formula is C2H6Na2O6S2. The number of aliphatic hydroxyl groups excluding tert-OH is 2. The molecule has 0 aliphatic carbocycles. The van der Waals surface area contributed by atoms with E-state index in [1.165, 1.54) is 0 Å². The van der Waals surface area contributed by atoms with Crippen LogP contribution in [0.4, 0.5) is 0 Å². The molecule has 0 aliphatic rings. The summed E-state index contributed by atoms with van der Waals surface area (Å²) in [6, 6.07) is 0. The molecule has 0 spiro atoms. The van der Waals surface area contributed by atoms with Crippen molar-refractivity contribution < 1.29 is 86.9 Å². The standard InChI is InChI=1S/2CH4O3S.2Na/c2*2-1-5(3)4;;/h2*2H,1H2,(H,3,4);;/q;;2*+1/p-2. The van der Waals surface area contributed by atoms with Crippen LogP contribution in [0.15, 0.2) is 0 Å². The summed E-state index contributed by atoms with van der Waals surface area (Å²) in [7, 11) is 0. The van der Waals surface area contributed by atoms with Crippen LogP contribution < -0.4 is 59.1 Å². The van der Waals surface area contributed by atoms with Crippen LogP contribution in [0, 0.1) is 0 Å². The van der Waals surface area contributed by atoms with Crippen LogP contribution >= 0.6 is 0 Å². The van der Waals surface area contributed by atoms with Crippen LogP contribution in [0.1, 0.15) is 0 Å². The molecule has 12 heavy (non-hydrogen) atoms. The van der Waals surface area contributed by atoms with Crippen LogP contribution in [0.2, 0.25) is 0 Å². The maximum atomic E-state index is 9.12. The van der Waals surface area contributed by atoms with E-state index in [4.69, 9.17) is 27.7 Å². The van der Waals surface area contributed by atoms with Crippen molar-refractivity contribution >= 4 is 22.2 Å². The van der Waals surface area contributed by atoms with Crippen molar-refractivity contribution in [1.29, 1.82) is 0 Å². The van der Waals surface area contributed by atoms with E-state index >= 15 is 0 Å². The Bertz CT molecular complexity index is 106. The Hall–Kier alpha value is 2.14. The fourth-order valence-electron chi connectivity index (χ4n) is 0. The molecule has 0 heterocycles. The van der Waals surface area contributed by atoms with Gasteiger partial charge < -0.3 is 19.3 Å². The molecule has 6 nitrogen and oxygen atoms in total. The minimum absolute atomic E-state index is 0. The number of rotatable bonds is 2. The average molecular weight is 236 g/mol. The van der Waals surface area contributed by atoms with Gasteiger partial charge in [-0.2, -0.15) is 0 Å². The first-order chi connectivity index (χ1) is 4.54. The maximum absolute atomic E-state index is 9.12. The molecule has 0 saturated carbocycles. The molecule has 0 saturated heterocycles. The van der Waals surface area contributed by atoms with Gasteiger partial charge in [0.25, 0.3) is 0 Å². The summed E-state index contributed by atoms with van der Waals surface area (Å²) >= 11 is -4.53. The molecule has 2 N–H and O–H groups in total. The zero-order valence-electron chi connectivity index (χ0n) is 6.76. The fraction of sp³-hybridized carbons (Fsp3) is 1.00. The van der Waals surface area contributed by atoms with Crippen molar-refractivity contribution in [2.75, 3.05) is 11.9 Å². The van der Waals surface area contributed by atoms with E-state index in [-0.39, 0.29) is 59.1 Å². The minimum atomic E-state index is -2.27. The minimum Gasteiger partial charge on any atom is -0.771 e. The molecule has 10 heteroatoms. The first-order valence-electron chi connectivity index (χ1n) is 1.88. The third kappa shape index (κ3) is 40.0. The first kappa shape index (κ1) is 23.7. The first-order valence-corrected chi connectivity index (χ1v) is 4.36. The summed E-state index contributed by atoms with van der Waals surface area (Å²) in [5.41, 5.74) is 0. The SMILES string of the molecule is O=S([O-])CO.O=S([O-])CO.[Na+].[Na+]. The van der Waals surface area contributed by atoms with Crippen molar-refractivity contribution in [2.45, 2.75) is 0 Å². The van der Waals surface area contributed by atoms with Gasteiger partial charge in [0, 0.05) is 0 Å². The van der Waals surface area contributed by atoms with Crippen LogP contribution in [0.3, 0.4) is 0 Å². The Labute approximate surface area is 119 Å². The molecule has 0 bridgehead atoms. The monoisotopic (exact) mass is 236 g/mol. The van der Waals surface area contributed by atoms with E-state index in [1.807, 2.05) is 0 Å². The Morgan fingerprint density at radius 2 is 1.00 bits per heavy atom. The fourth-order valence-corrected chi connectivity index (χ4v) is 0. The van der Waals surface area contributed by atoms with Crippen molar-refractivity contribution in [2.24, 2.45) is 0 Å². The van der Waals surface area contributed by atoms with Gasteiger partial charge in [-0.3, -0.25) is 8.42 Å². The quantitative estimate of drug-likeness (QED) is 0.363. The van der Waals surface area contributed by atoms with Gasteiger partial charge in [0.15, 0.2) is 0 Å². The largest absolute Gasteiger partial charge is 1.00 e. The molecule has 2 atom stereocenters. The molecule has 64 valence electrons. The summed E-state index contributed by atoms with van der Waals surface area (Å²) in [6.07, 6.45) is 0.